The number of ketones is 1. The highest BCUT2D eigenvalue weighted by atomic mass is 16.5. The van der Waals surface area contributed by atoms with Crippen LogP contribution in [-0.2, 0) is 9.47 Å². The number of hydrogen-bond donors (Lipinski definition) is 0. The Kier molecular flexibility index (Phi) is 4.82. The van der Waals surface area contributed by atoms with Gasteiger partial charge < -0.3 is 9.47 Å². The average molecular weight is 195 g/mol. The van der Waals surface area contributed by atoms with Gasteiger partial charge in [-0.1, -0.05) is 0 Å². The Hall–Kier alpha value is -1.26. The Bertz CT molecular complexity index is 274. The molecule has 0 saturated carbocycles. The van der Waals surface area contributed by atoms with Gasteiger partial charge in [0.2, 0.25) is 0 Å². The van der Waals surface area contributed by atoms with E-state index in [-0.39, 0.29) is 12.4 Å². The fraction of sp³-hybridized carbons (Fsp3) is 0.400. The molecule has 0 spiro atoms. The van der Waals surface area contributed by atoms with Gasteiger partial charge in [0.15, 0.2) is 5.78 Å². The van der Waals surface area contributed by atoms with Crippen molar-refractivity contribution in [2.45, 2.75) is 0 Å². The quantitative estimate of drug-likeness (QED) is 0.500. The first-order valence-corrected chi connectivity index (χ1v) is 4.34. The molecule has 0 aliphatic heterocycles. The Labute approximate surface area is 82.9 Å². The van der Waals surface area contributed by atoms with Gasteiger partial charge in [-0.05, 0) is 12.1 Å². The molecule has 0 unspecified atom stereocenters. The molecule has 1 rings (SSSR count). The predicted octanol–water partition coefficient (Wildman–Crippen LogP) is 0.927. The molecule has 0 bridgehead atoms. The van der Waals surface area contributed by atoms with Crippen LogP contribution in [0.2, 0.25) is 0 Å². The van der Waals surface area contributed by atoms with E-state index in [1.807, 2.05) is 0 Å². The second-order valence-corrected chi connectivity index (χ2v) is 2.71. The first-order valence-electron chi connectivity index (χ1n) is 4.34. The number of Topliss-reactive ketones (excluding diaryl/α,β-unsaturated/α-hetero) is 1. The maximum absolute atomic E-state index is 11.4. The van der Waals surface area contributed by atoms with Crippen molar-refractivity contribution in [3.63, 3.8) is 0 Å². The summed E-state index contributed by atoms with van der Waals surface area (Å²) >= 11 is 0. The molecule has 1 aromatic heterocycles. The van der Waals surface area contributed by atoms with Crippen LogP contribution in [0.15, 0.2) is 24.5 Å². The standard InChI is InChI=1S/C10H13NO3/c1-13-5-6-14-8-10(12)9-3-2-4-11-7-9/h2-4,7H,5-6,8H2,1H3. The van der Waals surface area contributed by atoms with E-state index in [4.69, 9.17) is 9.47 Å². The summed E-state index contributed by atoms with van der Waals surface area (Å²) in [5.41, 5.74) is 0.574. The molecule has 1 aromatic rings. The number of pyridine rings is 1. The van der Waals surface area contributed by atoms with Crippen molar-refractivity contribution in [3.8, 4) is 0 Å². The van der Waals surface area contributed by atoms with Crippen LogP contribution in [0.5, 0.6) is 0 Å². The third-order valence-corrected chi connectivity index (χ3v) is 1.65. The number of rotatable bonds is 6. The van der Waals surface area contributed by atoms with Gasteiger partial charge in [-0.25, -0.2) is 0 Å². The third-order valence-electron chi connectivity index (χ3n) is 1.65. The zero-order valence-corrected chi connectivity index (χ0v) is 8.10. The summed E-state index contributed by atoms with van der Waals surface area (Å²) in [7, 11) is 1.59. The SMILES string of the molecule is COCCOCC(=O)c1cccnc1. The lowest BCUT2D eigenvalue weighted by molar-refractivity contribution is 0.0576. The van der Waals surface area contributed by atoms with Crippen LogP contribution in [0.3, 0.4) is 0 Å². The molecule has 4 heteroatoms. The second kappa shape index (κ2) is 6.23. The Morgan fingerprint density at radius 1 is 1.50 bits per heavy atom. The summed E-state index contributed by atoms with van der Waals surface area (Å²) in [5, 5.41) is 0. The lowest BCUT2D eigenvalue weighted by atomic mass is 10.2. The van der Waals surface area contributed by atoms with Gasteiger partial charge in [-0.2, -0.15) is 0 Å². The second-order valence-electron chi connectivity index (χ2n) is 2.71. The van der Waals surface area contributed by atoms with Crippen LogP contribution in [0.4, 0.5) is 0 Å². The van der Waals surface area contributed by atoms with Crippen molar-refractivity contribution < 1.29 is 14.3 Å². The van der Waals surface area contributed by atoms with Gasteiger partial charge in [0.05, 0.1) is 13.2 Å². The lowest BCUT2D eigenvalue weighted by Gasteiger charge is -2.02. The lowest BCUT2D eigenvalue weighted by Crippen LogP contribution is -2.12. The van der Waals surface area contributed by atoms with Crippen molar-refractivity contribution in [1.29, 1.82) is 0 Å². The van der Waals surface area contributed by atoms with E-state index < -0.39 is 0 Å². The number of carbonyl (C=O) groups is 1. The highest BCUT2D eigenvalue weighted by Crippen LogP contribution is 1.97. The van der Waals surface area contributed by atoms with Crippen LogP contribution in [-0.4, -0.2) is 37.7 Å². The monoisotopic (exact) mass is 195 g/mol. The third kappa shape index (κ3) is 3.64. The molecule has 0 aromatic carbocycles. The molecule has 0 N–H and O–H groups in total. The van der Waals surface area contributed by atoms with Crippen molar-refractivity contribution in [2.24, 2.45) is 0 Å². The van der Waals surface area contributed by atoms with E-state index in [0.717, 1.165) is 0 Å². The average Bonchev–Trinajstić information content (AvgIpc) is 2.25. The van der Waals surface area contributed by atoms with E-state index in [2.05, 4.69) is 4.98 Å². The summed E-state index contributed by atoms with van der Waals surface area (Å²) in [6, 6.07) is 3.44. The van der Waals surface area contributed by atoms with Crippen LogP contribution < -0.4 is 0 Å². The molecule has 0 aliphatic carbocycles. The van der Waals surface area contributed by atoms with Gasteiger partial charge in [0.25, 0.3) is 0 Å². The Morgan fingerprint density at radius 3 is 3.00 bits per heavy atom. The maximum atomic E-state index is 11.4. The number of hydrogen-bond acceptors (Lipinski definition) is 4. The molecule has 0 saturated heterocycles. The fourth-order valence-corrected chi connectivity index (χ4v) is 0.918. The minimum atomic E-state index is -0.0609. The van der Waals surface area contributed by atoms with Crippen LogP contribution in [0, 0.1) is 0 Å². The number of carbonyl (C=O) groups excluding carboxylic acids is 1. The van der Waals surface area contributed by atoms with Crippen molar-refractivity contribution >= 4 is 5.78 Å². The van der Waals surface area contributed by atoms with E-state index in [0.29, 0.717) is 18.8 Å². The molecule has 14 heavy (non-hydrogen) atoms. The predicted molar refractivity (Wildman–Crippen MR) is 51.3 cm³/mol. The van der Waals surface area contributed by atoms with Crippen LogP contribution in [0.1, 0.15) is 10.4 Å². The smallest absolute Gasteiger partial charge is 0.190 e. The number of nitrogens with zero attached hydrogens (tertiary/aromatic N) is 1. The van der Waals surface area contributed by atoms with E-state index in [1.54, 1.807) is 25.4 Å². The van der Waals surface area contributed by atoms with Gasteiger partial charge in [0, 0.05) is 25.1 Å². The van der Waals surface area contributed by atoms with Gasteiger partial charge in [-0.3, -0.25) is 9.78 Å². The van der Waals surface area contributed by atoms with Crippen molar-refractivity contribution in [3.05, 3.63) is 30.1 Å². The molecule has 1 heterocycles. The fourth-order valence-electron chi connectivity index (χ4n) is 0.918. The Balaban J connectivity index is 2.29. The zero-order valence-electron chi connectivity index (χ0n) is 8.10. The summed E-state index contributed by atoms with van der Waals surface area (Å²) in [6.45, 7) is 1.01. The first-order chi connectivity index (χ1) is 6.84. The molecule has 0 amide bonds. The van der Waals surface area contributed by atoms with E-state index in [1.165, 1.54) is 6.20 Å². The summed E-state index contributed by atoms with van der Waals surface area (Å²) in [6.07, 6.45) is 3.16. The number of methoxy groups -OCH3 is 1. The molecule has 0 aliphatic rings. The highest BCUT2D eigenvalue weighted by Gasteiger charge is 2.04. The molecular weight excluding hydrogens is 182 g/mol. The highest BCUT2D eigenvalue weighted by molar-refractivity contribution is 5.96. The molecule has 4 nitrogen and oxygen atoms in total. The molecule has 0 radical (unpaired) electrons. The molecule has 0 fully saturated rings. The van der Waals surface area contributed by atoms with Crippen LogP contribution >= 0.6 is 0 Å². The molecular formula is C10H13NO3. The number of ether oxygens (including phenoxy) is 2. The zero-order chi connectivity index (χ0) is 10.2. The first kappa shape index (κ1) is 10.8. The summed E-state index contributed by atoms with van der Waals surface area (Å²) < 4.78 is 9.87. The minimum absolute atomic E-state index is 0.0609. The summed E-state index contributed by atoms with van der Waals surface area (Å²) in [4.78, 5) is 15.3. The van der Waals surface area contributed by atoms with E-state index >= 15 is 0 Å². The minimum Gasteiger partial charge on any atom is -0.382 e. The largest absolute Gasteiger partial charge is 0.382 e. The maximum Gasteiger partial charge on any atom is 0.190 e. The van der Waals surface area contributed by atoms with Crippen molar-refractivity contribution in [2.75, 3.05) is 26.9 Å². The van der Waals surface area contributed by atoms with Crippen molar-refractivity contribution in [1.82, 2.24) is 4.98 Å². The normalized spacial score (nSPS) is 10.1. The van der Waals surface area contributed by atoms with Gasteiger partial charge >= 0.3 is 0 Å². The Morgan fingerprint density at radius 2 is 2.36 bits per heavy atom. The molecule has 76 valence electrons. The molecule has 0 atom stereocenters. The van der Waals surface area contributed by atoms with Gasteiger partial charge in [-0.15, -0.1) is 0 Å². The topological polar surface area (TPSA) is 48.4 Å². The number of aromatic nitrogens is 1. The summed E-state index contributed by atoms with van der Waals surface area (Å²) in [5.74, 6) is -0.0609. The van der Waals surface area contributed by atoms with Gasteiger partial charge in [0.1, 0.15) is 6.61 Å². The van der Waals surface area contributed by atoms with E-state index in [9.17, 15) is 4.79 Å². The van der Waals surface area contributed by atoms with Crippen LogP contribution in [0.25, 0.3) is 0 Å².